The van der Waals surface area contributed by atoms with E-state index < -0.39 is 15.2 Å². The van der Waals surface area contributed by atoms with Gasteiger partial charge in [-0.15, -0.1) is 0 Å². The molecule has 0 radical (unpaired) electrons. The molecular formula is C15H36O3Ti. The minimum absolute atomic E-state index is 0.972. The van der Waals surface area contributed by atoms with Gasteiger partial charge in [0.1, 0.15) is 0 Å². The Bertz CT molecular complexity index is 217. The summed E-state index contributed by atoms with van der Waals surface area (Å²) in [6.07, 6.45) is 6.81. The van der Waals surface area contributed by atoms with Gasteiger partial charge in [-0.25, -0.2) is 0 Å². The van der Waals surface area contributed by atoms with Crippen LogP contribution in [0.1, 0.15) is 59.3 Å². The van der Waals surface area contributed by atoms with Crippen LogP contribution in [0.15, 0.2) is 0 Å². The van der Waals surface area contributed by atoms with Crippen molar-refractivity contribution in [2.24, 2.45) is 0 Å². The van der Waals surface area contributed by atoms with Gasteiger partial charge in [-0.05, 0) is 0 Å². The third-order valence-electron chi connectivity index (χ3n) is 5.37. The molecule has 0 aromatic rings. The van der Waals surface area contributed by atoms with Crippen molar-refractivity contribution in [2.75, 3.05) is 21.3 Å². The molecule has 0 fully saturated rings. The predicted octanol–water partition coefficient (Wildman–Crippen LogP) is 5.55. The second-order valence-corrected chi connectivity index (χ2v) is 17.7. The van der Waals surface area contributed by atoms with Crippen LogP contribution in [0, 0.1) is 0 Å². The van der Waals surface area contributed by atoms with Crippen LogP contribution >= 0.6 is 0 Å². The molecule has 0 aliphatic rings. The molecule has 0 aromatic carbocycles. The Morgan fingerprint density at radius 1 is 0.579 bits per heavy atom. The predicted molar refractivity (Wildman–Crippen MR) is 80.2 cm³/mol. The van der Waals surface area contributed by atoms with Gasteiger partial charge in [0.25, 0.3) is 0 Å². The van der Waals surface area contributed by atoms with Gasteiger partial charge in [-0.2, -0.15) is 0 Å². The zero-order valence-corrected chi connectivity index (χ0v) is 15.7. The van der Waals surface area contributed by atoms with Crippen LogP contribution in [0.5, 0.6) is 0 Å². The average Bonchev–Trinajstić information content (AvgIpc) is 2.49. The summed E-state index contributed by atoms with van der Waals surface area (Å²) in [6, 6.07) is 0. The van der Waals surface area contributed by atoms with Crippen LogP contribution in [-0.2, 0) is 25.1 Å². The van der Waals surface area contributed by atoms with Gasteiger partial charge in [-0.1, -0.05) is 0 Å². The maximum absolute atomic E-state index is 6.26. The summed E-state index contributed by atoms with van der Waals surface area (Å²) in [5, 5.41) is 0. The van der Waals surface area contributed by atoms with Crippen LogP contribution in [0.25, 0.3) is 0 Å². The van der Waals surface area contributed by atoms with E-state index in [2.05, 4.69) is 20.8 Å². The molecule has 118 valence electrons. The molecule has 0 aromatic heterocycles. The summed E-state index contributed by atoms with van der Waals surface area (Å²) in [4.78, 5) is 0. The van der Waals surface area contributed by atoms with E-state index in [4.69, 9.17) is 9.96 Å². The van der Waals surface area contributed by atoms with Crippen molar-refractivity contribution in [3.05, 3.63) is 0 Å². The molecule has 0 aliphatic heterocycles. The fourth-order valence-electron chi connectivity index (χ4n) is 3.47. The van der Waals surface area contributed by atoms with Crippen molar-refractivity contribution < 1.29 is 25.1 Å². The van der Waals surface area contributed by atoms with Crippen molar-refractivity contribution in [1.82, 2.24) is 0 Å². The quantitative estimate of drug-likeness (QED) is 0.442. The second-order valence-electron chi connectivity index (χ2n) is 6.22. The zero-order valence-electron chi connectivity index (χ0n) is 14.1. The van der Waals surface area contributed by atoms with E-state index in [1.807, 2.05) is 21.3 Å². The van der Waals surface area contributed by atoms with Gasteiger partial charge in [0.2, 0.25) is 0 Å². The Hall–Kier alpha value is 0.594. The molecule has 0 heterocycles. The van der Waals surface area contributed by atoms with E-state index in [-0.39, 0.29) is 0 Å². The summed E-state index contributed by atoms with van der Waals surface area (Å²) in [6.45, 7) is 6.65. The second kappa shape index (κ2) is 7.56. The maximum atomic E-state index is 6.26. The van der Waals surface area contributed by atoms with E-state index in [0.717, 1.165) is 52.7 Å². The normalized spacial score (nSPS) is 16.1. The minimum atomic E-state index is -4.28. The van der Waals surface area contributed by atoms with Crippen LogP contribution in [0.4, 0.5) is 0 Å². The molecule has 0 amide bonds. The first-order valence-corrected chi connectivity index (χ1v) is 13.2. The van der Waals surface area contributed by atoms with E-state index in [1.54, 1.807) is 0 Å². The molecular weight excluding hydrogens is 276 g/mol. The number of unbranched alkanes of at least 4 members (excludes halogenated alkanes) is 3. The van der Waals surface area contributed by atoms with Crippen LogP contribution in [0.2, 0.25) is 14.2 Å². The summed E-state index contributed by atoms with van der Waals surface area (Å²) in [7, 11) is 5.45. The van der Waals surface area contributed by atoms with Crippen molar-refractivity contribution in [3.63, 3.8) is 0 Å². The molecule has 0 N–H and O–H groups in total. The fraction of sp³-hybridized carbons (Fsp3) is 1.00. The van der Waals surface area contributed by atoms with Crippen molar-refractivity contribution >= 4 is 0 Å². The Morgan fingerprint density at radius 2 is 0.842 bits per heavy atom. The molecule has 4 heteroatoms. The molecule has 0 unspecified atom stereocenters. The molecule has 0 saturated heterocycles. The number of hydrogen-bond acceptors (Lipinski definition) is 3. The SMILES string of the molecule is CCC[CH2][Ti]([CH2]CCC)([CH2]CCC)([O]C)([O]C)[O]C. The van der Waals surface area contributed by atoms with Gasteiger partial charge in [-0.3, -0.25) is 0 Å². The molecule has 0 rings (SSSR count). The molecule has 0 bridgehead atoms. The van der Waals surface area contributed by atoms with E-state index in [9.17, 15) is 0 Å². The van der Waals surface area contributed by atoms with Crippen molar-refractivity contribution in [2.45, 2.75) is 73.5 Å². The summed E-state index contributed by atoms with van der Waals surface area (Å²) in [5.41, 5.74) is 0. The van der Waals surface area contributed by atoms with Gasteiger partial charge in [0.05, 0.1) is 0 Å². The first-order chi connectivity index (χ1) is 8.97. The number of hydrogen-bond donors (Lipinski definition) is 0. The third-order valence-corrected chi connectivity index (χ3v) is 18.8. The first kappa shape index (κ1) is 19.6. The average molecular weight is 312 g/mol. The van der Waals surface area contributed by atoms with E-state index in [0.29, 0.717) is 0 Å². The van der Waals surface area contributed by atoms with Crippen LogP contribution in [0.3, 0.4) is 0 Å². The molecule has 0 saturated carbocycles. The molecule has 19 heavy (non-hydrogen) atoms. The van der Waals surface area contributed by atoms with E-state index in [1.165, 1.54) is 0 Å². The summed E-state index contributed by atoms with van der Waals surface area (Å²) >= 11 is -4.28. The topological polar surface area (TPSA) is 27.7 Å². The summed E-state index contributed by atoms with van der Waals surface area (Å²) < 4.78 is 21.7. The van der Waals surface area contributed by atoms with Crippen LogP contribution < -0.4 is 0 Å². The Morgan fingerprint density at radius 3 is 1.00 bits per heavy atom. The van der Waals surface area contributed by atoms with E-state index >= 15 is 0 Å². The molecule has 0 atom stereocenters. The molecule has 0 aliphatic carbocycles. The fourth-order valence-corrected chi connectivity index (χ4v) is 14.3. The summed E-state index contributed by atoms with van der Waals surface area (Å²) in [5.74, 6) is 0. The first-order valence-electron chi connectivity index (χ1n) is 8.02. The van der Waals surface area contributed by atoms with Gasteiger partial charge >= 0.3 is 120 Å². The van der Waals surface area contributed by atoms with Gasteiger partial charge in [0.15, 0.2) is 0 Å². The van der Waals surface area contributed by atoms with Crippen molar-refractivity contribution in [1.29, 1.82) is 0 Å². The third kappa shape index (κ3) is 3.82. The van der Waals surface area contributed by atoms with Gasteiger partial charge in [0, 0.05) is 0 Å². The van der Waals surface area contributed by atoms with Gasteiger partial charge < -0.3 is 0 Å². The van der Waals surface area contributed by atoms with Crippen molar-refractivity contribution in [3.8, 4) is 0 Å². The number of rotatable bonds is 12. The Balaban J connectivity index is 5.63. The zero-order chi connectivity index (χ0) is 14.9. The van der Waals surface area contributed by atoms with Crippen LogP contribution in [-0.4, -0.2) is 21.3 Å². The molecule has 0 spiro atoms. The Kier molecular flexibility index (Phi) is 7.80. The molecule has 3 nitrogen and oxygen atoms in total. The standard InChI is InChI=1S/3C4H9.3CH3O.Ti/c3*1-3-4-2;3*1-2;/h3*1,3-4H2,2H3;3*1H3;/q;;;3*-1;+3. The monoisotopic (exact) mass is 312 g/mol. The Labute approximate surface area is 120 Å².